The Morgan fingerprint density at radius 2 is 2.00 bits per heavy atom. The average molecular weight is 324 g/mol. The molecule has 0 aliphatic carbocycles. The molecule has 0 aliphatic rings. The van der Waals surface area contributed by atoms with Crippen LogP contribution in [-0.2, 0) is 0 Å². The molecule has 0 amide bonds. The van der Waals surface area contributed by atoms with Crippen LogP contribution in [-0.4, -0.2) is 12.1 Å². The predicted octanol–water partition coefficient (Wildman–Crippen LogP) is 5.02. The van der Waals surface area contributed by atoms with Gasteiger partial charge in [0.25, 0.3) is 0 Å². The Morgan fingerprint density at radius 1 is 1.18 bits per heavy atom. The topological polar surface area (TPSA) is 48.8 Å². The fourth-order valence-electron chi connectivity index (χ4n) is 2.31. The molecule has 1 aromatic carbocycles. The molecular weight excluding hydrogens is 312 g/mol. The molecule has 0 atom stereocenters. The molecule has 0 fully saturated rings. The van der Waals surface area contributed by atoms with Gasteiger partial charge < -0.3 is 9.72 Å². The molecule has 2 aromatic heterocycles. The van der Waals surface area contributed by atoms with Crippen LogP contribution >= 0.6 is 23.6 Å². The molecule has 3 rings (SSSR count). The lowest BCUT2D eigenvalue weighted by Gasteiger charge is -2.11. The number of hydrogen-bond acceptors (Lipinski definition) is 4. The minimum absolute atomic E-state index is 0.439. The van der Waals surface area contributed by atoms with Gasteiger partial charge in [0.15, 0.2) is 0 Å². The van der Waals surface area contributed by atoms with Crippen molar-refractivity contribution in [1.29, 1.82) is 5.26 Å². The van der Waals surface area contributed by atoms with Crippen molar-refractivity contribution in [1.82, 2.24) is 4.98 Å². The third-order valence-corrected chi connectivity index (χ3v) is 4.54. The van der Waals surface area contributed by atoms with Gasteiger partial charge in [-0.05, 0) is 23.6 Å². The molecule has 0 spiro atoms. The lowest BCUT2D eigenvalue weighted by atomic mass is 10.00. The molecule has 0 bridgehead atoms. The van der Waals surface area contributed by atoms with Crippen molar-refractivity contribution in [2.75, 3.05) is 7.11 Å². The van der Waals surface area contributed by atoms with Crippen molar-refractivity contribution in [3.8, 4) is 33.5 Å². The molecule has 0 aliphatic heterocycles. The summed E-state index contributed by atoms with van der Waals surface area (Å²) in [6, 6.07) is 15.8. The number of nitrogens with one attached hydrogen (secondary N) is 1. The summed E-state index contributed by atoms with van der Waals surface area (Å²) >= 11 is 6.99. The van der Waals surface area contributed by atoms with Gasteiger partial charge in [-0.15, -0.1) is 11.3 Å². The number of pyridine rings is 1. The summed E-state index contributed by atoms with van der Waals surface area (Å²) in [6.07, 6.45) is 0. The number of hydrogen-bond donors (Lipinski definition) is 1. The molecule has 1 N–H and O–H groups in total. The Bertz CT molecular complexity index is 905. The van der Waals surface area contributed by atoms with Gasteiger partial charge in [-0.3, -0.25) is 0 Å². The number of thiophene rings is 1. The first-order valence-corrected chi connectivity index (χ1v) is 7.88. The van der Waals surface area contributed by atoms with Gasteiger partial charge in [-0.1, -0.05) is 36.5 Å². The molecule has 5 heteroatoms. The van der Waals surface area contributed by atoms with E-state index >= 15 is 0 Å². The van der Waals surface area contributed by atoms with E-state index in [9.17, 15) is 5.26 Å². The van der Waals surface area contributed by atoms with Crippen molar-refractivity contribution in [2.24, 2.45) is 0 Å². The zero-order valence-electron chi connectivity index (χ0n) is 11.8. The summed E-state index contributed by atoms with van der Waals surface area (Å²) in [6.45, 7) is 0. The normalized spacial score (nSPS) is 10.2. The number of aromatic amines is 1. The van der Waals surface area contributed by atoms with Crippen LogP contribution < -0.4 is 4.74 Å². The molecular formula is C17H12N2OS2. The molecule has 0 unspecified atom stereocenters. The lowest BCUT2D eigenvalue weighted by Crippen LogP contribution is -1.94. The maximum Gasteiger partial charge on any atom is 0.126 e. The van der Waals surface area contributed by atoms with E-state index in [1.54, 1.807) is 18.4 Å². The van der Waals surface area contributed by atoms with Gasteiger partial charge in [0.1, 0.15) is 16.5 Å². The third-order valence-electron chi connectivity index (χ3n) is 3.33. The second-order valence-electron chi connectivity index (χ2n) is 4.59. The molecule has 108 valence electrons. The molecule has 3 aromatic rings. The predicted molar refractivity (Wildman–Crippen MR) is 91.6 cm³/mol. The molecule has 0 saturated carbocycles. The highest BCUT2D eigenvalue weighted by Gasteiger charge is 2.14. The molecule has 0 saturated heterocycles. The van der Waals surface area contributed by atoms with Crippen LogP contribution in [0.3, 0.4) is 0 Å². The van der Waals surface area contributed by atoms with Crippen LogP contribution in [0, 0.1) is 16.0 Å². The van der Waals surface area contributed by atoms with Crippen LogP contribution in [0.2, 0.25) is 0 Å². The number of para-hydroxylation sites is 1. The fourth-order valence-corrected chi connectivity index (χ4v) is 3.28. The third kappa shape index (κ3) is 2.54. The van der Waals surface area contributed by atoms with E-state index in [2.05, 4.69) is 11.1 Å². The highest BCUT2D eigenvalue weighted by atomic mass is 32.1. The monoisotopic (exact) mass is 324 g/mol. The van der Waals surface area contributed by atoms with Crippen LogP contribution in [0.4, 0.5) is 0 Å². The van der Waals surface area contributed by atoms with E-state index in [-0.39, 0.29) is 0 Å². The molecule has 22 heavy (non-hydrogen) atoms. The Kier molecular flexibility index (Phi) is 4.05. The summed E-state index contributed by atoms with van der Waals surface area (Å²) < 4.78 is 5.86. The highest BCUT2D eigenvalue weighted by molar-refractivity contribution is 7.71. The molecule has 3 nitrogen and oxygen atoms in total. The van der Waals surface area contributed by atoms with Gasteiger partial charge in [0, 0.05) is 11.1 Å². The van der Waals surface area contributed by atoms with Gasteiger partial charge >= 0.3 is 0 Å². The van der Waals surface area contributed by atoms with Crippen molar-refractivity contribution in [2.45, 2.75) is 0 Å². The zero-order chi connectivity index (χ0) is 15.5. The van der Waals surface area contributed by atoms with Gasteiger partial charge in [0.2, 0.25) is 0 Å². The van der Waals surface area contributed by atoms with Crippen LogP contribution in [0.1, 0.15) is 5.56 Å². The number of ether oxygens (including phenoxy) is 1. The number of nitrogens with zero attached hydrogens (tertiary/aromatic N) is 1. The minimum Gasteiger partial charge on any atom is -0.496 e. The quantitative estimate of drug-likeness (QED) is 0.688. The molecule has 2 heterocycles. The summed E-state index contributed by atoms with van der Waals surface area (Å²) in [7, 11) is 1.62. The summed E-state index contributed by atoms with van der Waals surface area (Å²) in [5.74, 6) is 0.719. The summed E-state index contributed by atoms with van der Waals surface area (Å²) in [5.41, 5.74) is 3.01. The standard InChI is InChI=1S/C17H12N2OS2/c1-20-15-6-3-2-5-11(15)12-9-14(16-7-4-8-22-16)19-17(21)13(12)10-18/h2-9H,1H3,(H,19,21). The van der Waals surface area contributed by atoms with Gasteiger partial charge in [0.05, 0.1) is 23.2 Å². The van der Waals surface area contributed by atoms with Crippen LogP contribution in [0.5, 0.6) is 5.75 Å². The largest absolute Gasteiger partial charge is 0.496 e. The maximum atomic E-state index is 9.47. The number of H-pyrrole nitrogens is 1. The van der Waals surface area contributed by atoms with Crippen LogP contribution in [0.25, 0.3) is 21.7 Å². The van der Waals surface area contributed by atoms with E-state index in [1.807, 2.05) is 47.8 Å². The SMILES string of the molecule is COc1ccccc1-c1cc(-c2cccs2)[nH]c(=S)c1C#N. The van der Waals surface area contributed by atoms with E-state index in [4.69, 9.17) is 17.0 Å². The molecule has 0 radical (unpaired) electrons. The second kappa shape index (κ2) is 6.14. The average Bonchev–Trinajstić information content (AvgIpc) is 3.08. The number of methoxy groups -OCH3 is 1. The van der Waals surface area contributed by atoms with Crippen molar-refractivity contribution >= 4 is 23.6 Å². The second-order valence-corrected chi connectivity index (χ2v) is 5.95. The van der Waals surface area contributed by atoms with E-state index in [0.29, 0.717) is 10.2 Å². The first-order chi connectivity index (χ1) is 10.7. The van der Waals surface area contributed by atoms with Gasteiger partial charge in [-0.25, -0.2) is 0 Å². The van der Waals surface area contributed by atoms with Crippen molar-refractivity contribution < 1.29 is 4.74 Å². The maximum absolute atomic E-state index is 9.47. The highest BCUT2D eigenvalue weighted by Crippen LogP contribution is 2.35. The number of nitriles is 1. The van der Waals surface area contributed by atoms with Crippen LogP contribution in [0.15, 0.2) is 47.8 Å². The zero-order valence-corrected chi connectivity index (χ0v) is 13.4. The Labute approximate surface area is 137 Å². The number of aromatic nitrogens is 1. The van der Waals surface area contributed by atoms with Gasteiger partial charge in [-0.2, -0.15) is 5.26 Å². The lowest BCUT2D eigenvalue weighted by molar-refractivity contribution is 0.416. The Morgan fingerprint density at radius 3 is 2.68 bits per heavy atom. The summed E-state index contributed by atoms with van der Waals surface area (Å²) in [5, 5.41) is 11.5. The Balaban J connectivity index is 2.30. The van der Waals surface area contributed by atoms with Crippen molar-refractivity contribution in [3.63, 3.8) is 0 Å². The van der Waals surface area contributed by atoms with Crippen molar-refractivity contribution in [3.05, 3.63) is 58.0 Å². The van der Waals surface area contributed by atoms with E-state index in [0.717, 1.165) is 27.4 Å². The first kappa shape index (κ1) is 14.5. The smallest absolute Gasteiger partial charge is 0.126 e. The minimum atomic E-state index is 0.439. The Hall–Kier alpha value is -2.42. The number of rotatable bonds is 3. The van der Waals surface area contributed by atoms with E-state index < -0.39 is 0 Å². The number of benzene rings is 1. The summed E-state index contributed by atoms with van der Waals surface area (Å²) in [4.78, 5) is 4.21. The fraction of sp³-hybridized carbons (Fsp3) is 0.0588. The first-order valence-electron chi connectivity index (χ1n) is 6.59. The van der Waals surface area contributed by atoms with E-state index in [1.165, 1.54) is 0 Å².